The van der Waals surface area contributed by atoms with E-state index in [2.05, 4.69) is 44.3 Å². The maximum atomic E-state index is 12.8. The van der Waals surface area contributed by atoms with Crippen LogP contribution in [-0.4, -0.2) is 5.78 Å². The van der Waals surface area contributed by atoms with E-state index in [0.29, 0.717) is 5.78 Å². The van der Waals surface area contributed by atoms with E-state index in [4.69, 9.17) is 0 Å². The summed E-state index contributed by atoms with van der Waals surface area (Å²) in [6.07, 6.45) is 4.06. The Bertz CT molecular complexity index is 608. The van der Waals surface area contributed by atoms with Crippen LogP contribution < -0.4 is 5.32 Å². The number of benzene rings is 1. The Labute approximate surface area is 120 Å². The fourth-order valence-corrected chi connectivity index (χ4v) is 3.18. The van der Waals surface area contributed by atoms with Crippen molar-refractivity contribution >= 4 is 5.78 Å². The van der Waals surface area contributed by atoms with Crippen LogP contribution in [0.15, 0.2) is 53.4 Å². The monoisotopic (exact) mass is 267 g/mol. The number of nitrogens with one attached hydrogen (secondary N) is 1. The van der Waals surface area contributed by atoms with Gasteiger partial charge in [-0.15, -0.1) is 0 Å². The first-order valence-electron chi connectivity index (χ1n) is 7.27. The second-order valence-electron chi connectivity index (χ2n) is 6.47. The Hall–Kier alpha value is -1.83. The van der Waals surface area contributed by atoms with Crippen LogP contribution in [0.3, 0.4) is 0 Å². The largest absolute Gasteiger partial charge is 0.362 e. The van der Waals surface area contributed by atoms with E-state index in [1.807, 2.05) is 18.2 Å². The number of allylic oxidation sites excluding steroid dienone is 4. The average Bonchev–Trinajstić information content (AvgIpc) is 2.43. The molecule has 1 heterocycles. The molecule has 2 aliphatic rings. The van der Waals surface area contributed by atoms with Crippen molar-refractivity contribution in [3.63, 3.8) is 0 Å². The summed E-state index contributed by atoms with van der Waals surface area (Å²) in [5.41, 5.74) is 4.20. The van der Waals surface area contributed by atoms with Gasteiger partial charge in [0.25, 0.3) is 0 Å². The van der Waals surface area contributed by atoms with E-state index in [9.17, 15) is 4.79 Å². The van der Waals surface area contributed by atoms with Crippen LogP contribution in [0, 0.1) is 5.41 Å². The van der Waals surface area contributed by atoms with Gasteiger partial charge in [0, 0.05) is 28.3 Å². The Balaban J connectivity index is 2.10. The smallest absolute Gasteiger partial charge is 0.167 e. The number of hydrogen-bond donors (Lipinski definition) is 1. The number of rotatable bonds is 1. The van der Waals surface area contributed by atoms with E-state index < -0.39 is 0 Å². The topological polar surface area (TPSA) is 29.1 Å². The summed E-state index contributed by atoms with van der Waals surface area (Å²) in [7, 11) is 0. The van der Waals surface area contributed by atoms with Crippen LogP contribution in [0.2, 0.25) is 0 Å². The first-order valence-corrected chi connectivity index (χ1v) is 7.27. The molecular formula is C18H21NO. The van der Waals surface area contributed by atoms with E-state index in [-0.39, 0.29) is 11.3 Å². The Kier molecular flexibility index (Phi) is 3.04. The quantitative estimate of drug-likeness (QED) is 0.835. The van der Waals surface area contributed by atoms with Crippen molar-refractivity contribution in [3.8, 4) is 0 Å². The zero-order valence-electron chi connectivity index (χ0n) is 12.4. The molecule has 0 spiro atoms. The van der Waals surface area contributed by atoms with Gasteiger partial charge in [-0.05, 0) is 25.3 Å². The Morgan fingerprint density at radius 3 is 2.60 bits per heavy atom. The number of Topliss-reactive ketones (excluding diaryl/α,β-unsaturated/α-hetero) is 1. The van der Waals surface area contributed by atoms with Crippen LogP contribution in [0.25, 0.3) is 0 Å². The zero-order valence-corrected chi connectivity index (χ0v) is 12.4. The molecule has 2 heteroatoms. The molecule has 1 N–H and O–H groups in total. The van der Waals surface area contributed by atoms with Crippen molar-refractivity contribution < 1.29 is 4.79 Å². The lowest BCUT2D eigenvalue weighted by atomic mass is 9.69. The summed E-state index contributed by atoms with van der Waals surface area (Å²) >= 11 is 0. The third-order valence-corrected chi connectivity index (χ3v) is 4.42. The SMILES string of the molecule is CC1=CC(c2ccccc2)C2=C(CCC(C)(C)C2=O)N1. The van der Waals surface area contributed by atoms with Crippen molar-refractivity contribution in [3.05, 3.63) is 58.9 Å². The van der Waals surface area contributed by atoms with Crippen molar-refractivity contribution in [2.75, 3.05) is 0 Å². The summed E-state index contributed by atoms with van der Waals surface area (Å²) in [5, 5.41) is 3.41. The average molecular weight is 267 g/mol. The summed E-state index contributed by atoms with van der Waals surface area (Å²) in [6.45, 7) is 6.20. The molecule has 1 unspecified atom stereocenters. The highest BCUT2D eigenvalue weighted by atomic mass is 16.1. The van der Waals surface area contributed by atoms with Crippen molar-refractivity contribution in [1.82, 2.24) is 5.32 Å². The second-order valence-corrected chi connectivity index (χ2v) is 6.47. The highest BCUT2D eigenvalue weighted by molar-refractivity contribution is 6.02. The Morgan fingerprint density at radius 2 is 1.90 bits per heavy atom. The van der Waals surface area contributed by atoms with E-state index in [0.717, 1.165) is 29.8 Å². The molecule has 0 aromatic heterocycles. The molecule has 1 aliphatic carbocycles. The molecule has 0 amide bonds. The van der Waals surface area contributed by atoms with Gasteiger partial charge in [-0.2, -0.15) is 0 Å². The van der Waals surface area contributed by atoms with E-state index in [1.165, 1.54) is 5.56 Å². The number of carbonyl (C=O) groups is 1. The van der Waals surface area contributed by atoms with Crippen LogP contribution in [-0.2, 0) is 4.79 Å². The molecule has 1 aromatic carbocycles. The zero-order chi connectivity index (χ0) is 14.3. The lowest BCUT2D eigenvalue weighted by Gasteiger charge is -2.37. The minimum absolute atomic E-state index is 0.0968. The minimum Gasteiger partial charge on any atom is -0.362 e. The molecule has 0 saturated carbocycles. The summed E-state index contributed by atoms with van der Waals surface area (Å²) in [4.78, 5) is 12.8. The van der Waals surface area contributed by atoms with Gasteiger partial charge in [0.1, 0.15) is 0 Å². The maximum Gasteiger partial charge on any atom is 0.167 e. The molecule has 0 saturated heterocycles. The highest BCUT2D eigenvalue weighted by Gasteiger charge is 2.40. The van der Waals surface area contributed by atoms with Crippen LogP contribution in [0.4, 0.5) is 0 Å². The van der Waals surface area contributed by atoms with Gasteiger partial charge < -0.3 is 5.32 Å². The van der Waals surface area contributed by atoms with Gasteiger partial charge in [-0.25, -0.2) is 0 Å². The maximum absolute atomic E-state index is 12.8. The lowest BCUT2D eigenvalue weighted by Crippen LogP contribution is -2.37. The number of dihydropyridines is 1. The van der Waals surface area contributed by atoms with Crippen LogP contribution in [0.5, 0.6) is 0 Å². The van der Waals surface area contributed by atoms with Gasteiger partial charge in [0.05, 0.1) is 0 Å². The molecule has 2 nitrogen and oxygen atoms in total. The third-order valence-electron chi connectivity index (χ3n) is 4.42. The van der Waals surface area contributed by atoms with Gasteiger partial charge >= 0.3 is 0 Å². The Morgan fingerprint density at radius 1 is 1.20 bits per heavy atom. The molecule has 3 rings (SSSR count). The minimum atomic E-state index is -0.243. The van der Waals surface area contributed by atoms with Crippen LogP contribution >= 0.6 is 0 Å². The standard InChI is InChI=1S/C18H21NO/c1-12-11-14(13-7-5-4-6-8-13)16-15(19-12)9-10-18(2,3)17(16)20/h4-8,11,14,19H,9-10H2,1-3H3. The van der Waals surface area contributed by atoms with Crippen LogP contribution in [0.1, 0.15) is 45.1 Å². The summed E-state index contributed by atoms with van der Waals surface area (Å²) in [6, 6.07) is 10.3. The molecule has 1 aromatic rings. The van der Waals surface area contributed by atoms with Gasteiger partial charge in [0.15, 0.2) is 5.78 Å². The van der Waals surface area contributed by atoms with Gasteiger partial charge in [0.2, 0.25) is 0 Å². The van der Waals surface area contributed by atoms with E-state index in [1.54, 1.807) is 0 Å². The molecule has 0 bridgehead atoms. The first-order chi connectivity index (χ1) is 9.49. The van der Waals surface area contributed by atoms with Gasteiger partial charge in [-0.1, -0.05) is 50.3 Å². The molecule has 20 heavy (non-hydrogen) atoms. The molecule has 1 atom stereocenters. The fourth-order valence-electron chi connectivity index (χ4n) is 3.18. The van der Waals surface area contributed by atoms with Crippen molar-refractivity contribution in [2.45, 2.75) is 39.5 Å². The first kappa shape index (κ1) is 13.2. The number of hydrogen-bond acceptors (Lipinski definition) is 2. The third kappa shape index (κ3) is 2.09. The van der Waals surface area contributed by atoms with E-state index >= 15 is 0 Å². The normalized spacial score (nSPS) is 24.9. The number of ketones is 1. The molecule has 104 valence electrons. The lowest BCUT2D eigenvalue weighted by molar-refractivity contribution is -0.124. The molecule has 0 radical (unpaired) electrons. The molecule has 1 aliphatic heterocycles. The molecular weight excluding hydrogens is 246 g/mol. The molecule has 0 fully saturated rings. The predicted molar refractivity (Wildman–Crippen MR) is 81.1 cm³/mol. The summed E-state index contributed by atoms with van der Waals surface area (Å²) < 4.78 is 0. The fraction of sp³-hybridized carbons (Fsp3) is 0.389. The summed E-state index contributed by atoms with van der Waals surface area (Å²) in [5.74, 6) is 0.392. The van der Waals surface area contributed by atoms with Crippen molar-refractivity contribution in [2.24, 2.45) is 5.41 Å². The highest BCUT2D eigenvalue weighted by Crippen LogP contribution is 2.43. The van der Waals surface area contributed by atoms with Gasteiger partial charge in [-0.3, -0.25) is 4.79 Å². The van der Waals surface area contributed by atoms with Crippen molar-refractivity contribution in [1.29, 1.82) is 0 Å². The number of carbonyl (C=O) groups excluding carboxylic acids is 1. The predicted octanol–water partition coefficient (Wildman–Crippen LogP) is 3.92. The second kappa shape index (κ2) is 4.62.